The van der Waals surface area contributed by atoms with Gasteiger partial charge < -0.3 is 9.64 Å². The quantitative estimate of drug-likeness (QED) is 0.810. The molecule has 0 unspecified atom stereocenters. The number of likely N-dealkylation sites (tertiary alicyclic amines) is 1. The molecule has 3 heterocycles. The van der Waals surface area contributed by atoms with Gasteiger partial charge in [-0.25, -0.2) is 14.8 Å². The molecule has 0 saturated carbocycles. The molecule has 2 aromatic rings. The number of amides is 1. The number of carbonyl (C=O) groups excluding carboxylic acids is 1. The molecule has 1 saturated heterocycles. The van der Waals surface area contributed by atoms with Crippen molar-refractivity contribution in [3.8, 4) is 0 Å². The van der Waals surface area contributed by atoms with E-state index in [-0.39, 0.29) is 12.0 Å². The van der Waals surface area contributed by atoms with E-state index >= 15 is 0 Å². The van der Waals surface area contributed by atoms with E-state index in [4.69, 9.17) is 4.74 Å². The molecule has 0 aliphatic carbocycles. The first-order valence-corrected chi connectivity index (χ1v) is 7.41. The lowest BCUT2D eigenvalue weighted by Gasteiger charge is -2.37. The molecular formula is C16H19N3O2. The van der Waals surface area contributed by atoms with Crippen LogP contribution in [0.2, 0.25) is 0 Å². The van der Waals surface area contributed by atoms with E-state index in [0.717, 1.165) is 29.6 Å². The SMILES string of the molecule is CCCCOC(=O)N1CC(c2ccc3cccnc3n2)C1. The Morgan fingerprint density at radius 3 is 3.05 bits per heavy atom. The molecule has 21 heavy (non-hydrogen) atoms. The smallest absolute Gasteiger partial charge is 0.409 e. The zero-order chi connectivity index (χ0) is 14.7. The molecule has 5 heteroatoms. The molecule has 0 aromatic carbocycles. The minimum Gasteiger partial charge on any atom is -0.449 e. The van der Waals surface area contributed by atoms with Gasteiger partial charge in [0.1, 0.15) is 0 Å². The van der Waals surface area contributed by atoms with Crippen molar-refractivity contribution in [2.75, 3.05) is 19.7 Å². The summed E-state index contributed by atoms with van der Waals surface area (Å²) >= 11 is 0. The van der Waals surface area contributed by atoms with E-state index in [1.807, 2.05) is 24.3 Å². The zero-order valence-corrected chi connectivity index (χ0v) is 12.2. The number of fused-ring (bicyclic) bond motifs is 1. The summed E-state index contributed by atoms with van der Waals surface area (Å²) in [5.41, 5.74) is 1.76. The highest BCUT2D eigenvalue weighted by atomic mass is 16.6. The van der Waals surface area contributed by atoms with Crippen LogP contribution in [0.25, 0.3) is 11.0 Å². The van der Waals surface area contributed by atoms with Gasteiger partial charge in [-0.15, -0.1) is 0 Å². The van der Waals surface area contributed by atoms with Gasteiger partial charge in [0.05, 0.1) is 6.61 Å². The molecule has 2 aromatic heterocycles. The number of pyridine rings is 2. The molecule has 0 bridgehead atoms. The molecule has 3 rings (SSSR count). The number of carbonyl (C=O) groups is 1. The molecule has 0 atom stereocenters. The Kier molecular flexibility index (Phi) is 3.99. The molecule has 0 radical (unpaired) electrons. The zero-order valence-electron chi connectivity index (χ0n) is 12.2. The molecule has 1 fully saturated rings. The number of nitrogens with zero attached hydrogens (tertiary/aromatic N) is 3. The maximum absolute atomic E-state index is 11.8. The third-order valence-electron chi connectivity index (χ3n) is 3.77. The monoisotopic (exact) mass is 285 g/mol. The second kappa shape index (κ2) is 6.08. The molecule has 5 nitrogen and oxygen atoms in total. The number of unbranched alkanes of at least 4 members (excludes halogenated alkanes) is 1. The van der Waals surface area contributed by atoms with E-state index < -0.39 is 0 Å². The third kappa shape index (κ3) is 2.96. The van der Waals surface area contributed by atoms with E-state index in [1.165, 1.54) is 0 Å². The summed E-state index contributed by atoms with van der Waals surface area (Å²) in [6, 6.07) is 7.96. The van der Waals surface area contributed by atoms with Crippen molar-refractivity contribution in [2.45, 2.75) is 25.7 Å². The maximum atomic E-state index is 11.8. The standard InChI is InChI=1S/C16H19N3O2/c1-2-3-9-21-16(20)19-10-13(11-19)14-7-6-12-5-4-8-17-15(12)18-14/h4-8,13H,2-3,9-11H2,1H3. The van der Waals surface area contributed by atoms with Crippen LogP contribution in [0.5, 0.6) is 0 Å². The first-order chi connectivity index (χ1) is 10.3. The van der Waals surface area contributed by atoms with Crippen molar-refractivity contribution in [1.29, 1.82) is 0 Å². The van der Waals surface area contributed by atoms with Crippen LogP contribution in [-0.2, 0) is 4.74 Å². The van der Waals surface area contributed by atoms with E-state index in [0.29, 0.717) is 19.7 Å². The highest BCUT2D eigenvalue weighted by molar-refractivity contribution is 5.74. The fourth-order valence-electron chi connectivity index (χ4n) is 2.40. The van der Waals surface area contributed by atoms with Crippen LogP contribution < -0.4 is 0 Å². The summed E-state index contributed by atoms with van der Waals surface area (Å²) in [5, 5.41) is 1.04. The van der Waals surface area contributed by atoms with Gasteiger partial charge in [-0.2, -0.15) is 0 Å². The topological polar surface area (TPSA) is 55.3 Å². The van der Waals surface area contributed by atoms with Crippen LogP contribution in [0.1, 0.15) is 31.4 Å². The molecule has 1 amide bonds. The van der Waals surface area contributed by atoms with Crippen LogP contribution in [-0.4, -0.2) is 40.7 Å². The maximum Gasteiger partial charge on any atom is 0.409 e. The largest absolute Gasteiger partial charge is 0.449 e. The minimum atomic E-state index is -0.210. The normalized spacial score (nSPS) is 15.0. The summed E-state index contributed by atoms with van der Waals surface area (Å²) in [6.45, 7) is 3.94. The molecular weight excluding hydrogens is 266 g/mol. The Balaban J connectivity index is 1.58. The molecule has 0 N–H and O–H groups in total. The van der Waals surface area contributed by atoms with Crippen LogP contribution >= 0.6 is 0 Å². The molecule has 1 aliphatic rings. The predicted molar refractivity (Wildman–Crippen MR) is 80.1 cm³/mol. The van der Waals surface area contributed by atoms with E-state index in [2.05, 4.69) is 16.9 Å². The lowest BCUT2D eigenvalue weighted by molar-refractivity contribution is 0.0699. The number of hydrogen-bond donors (Lipinski definition) is 0. The first kappa shape index (κ1) is 13.8. The minimum absolute atomic E-state index is 0.210. The predicted octanol–water partition coefficient (Wildman–Crippen LogP) is 2.97. The highest BCUT2D eigenvalue weighted by Crippen LogP contribution is 2.27. The van der Waals surface area contributed by atoms with Crippen LogP contribution in [0.4, 0.5) is 4.79 Å². The van der Waals surface area contributed by atoms with Gasteiger partial charge in [-0.1, -0.05) is 13.3 Å². The van der Waals surface area contributed by atoms with Crippen LogP contribution in [0, 0.1) is 0 Å². The second-order valence-corrected chi connectivity index (χ2v) is 5.36. The fraction of sp³-hybridized carbons (Fsp3) is 0.438. The average Bonchev–Trinajstić information content (AvgIpc) is 2.46. The first-order valence-electron chi connectivity index (χ1n) is 7.41. The highest BCUT2D eigenvalue weighted by Gasteiger charge is 2.33. The molecule has 110 valence electrons. The second-order valence-electron chi connectivity index (χ2n) is 5.36. The Hall–Kier alpha value is -2.17. The average molecular weight is 285 g/mol. The Bertz CT molecular complexity index is 638. The van der Waals surface area contributed by atoms with Crippen molar-refractivity contribution in [3.05, 3.63) is 36.2 Å². The van der Waals surface area contributed by atoms with Gasteiger partial charge in [-0.3, -0.25) is 0 Å². The van der Waals surface area contributed by atoms with Gasteiger partial charge >= 0.3 is 6.09 Å². The third-order valence-corrected chi connectivity index (χ3v) is 3.77. The Labute approximate surface area is 124 Å². The fourth-order valence-corrected chi connectivity index (χ4v) is 2.40. The summed E-state index contributed by atoms with van der Waals surface area (Å²) in [7, 11) is 0. The van der Waals surface area contributed by atoms with Crippen molar-refractivity contribution >= 4 is 17.1 Å². The van der Waals surface area contributed by atoms with Gasteiger partial charge in [0.15, 0.2) is 5.65 Å². The van der Waals surface area contributed by atoms with Gasteiger partial charge in [-0.05, 0) is 30.7 Å². The lowest BCUT2D eigenvalue weighted by Crippen LogP contribution is -2.49. The van der Waals surface area contributed by atoms with Crippen molar-refractivity contribution in [3.63, 3.8) is 0 Å². The van der Waals surface area contributed by atoms with Crippen LogP contribution in [0.3, 0.4) is 0 Å². The summed E-state index contributed by atoms with van der Waals surface area (Å²) in [5.74, 6) is 0.287. The molecule has 1 aliphatic heterocycles. The molecule has 0 spiro atoms. The van der Waals surface area contributed by atoms with Crippen molar-refractivity contribution < 1.29 is 9.53 Å². The van der Waals surface area contributed by atoms with E-state index in [1.54, 1.807) is 11.1 Å². The number of aromatic nitrogens is 2. The van der Waals surface area contributed by atoms with Crippen LogP contribution in [0.15, 0.2) is 30.5 Å². The lowest BCUT2D eigenvalue weighted by atomic mass is 9.96. The van der Waals surface area contributed by atoms with Gasteiger partial charge in [0.25, 0.3) is 0 Å². The summed E-state index contributed by atoms with van der Waals surface area (Å²) < 4.78 is 5.20. The van der Waals surface area contributed by atoms with Crippen molar-refractivity contribution in [2.24, 2.45) is 0 Å². The number of ether oxygens (including phenoxy) is 1. The number of rotatable bonds is 4. The Morgan fingerprint density at radius 1 is 1.38 bits per heavy atom. The number of hydrogen-bond acceptors (Lipinski definition) is 4. The summed E-state index contributed by atoms with van der Waals surface area (Å²) in [6.07, 6.45) is 3.49. The van der Waals surface area contributed by atoms with E-state index in [9.17, 15) is 4.79 Å². The van der Waals surface area contributed by atoms with Gasteiger partial charge in [0.2, 0.25) is 0 Å². The van der Waals surface area contributed by atoms with Crippen molar-refractivity contribution in [1.82, 2.24) is 14.9 Å². The van der Waals surface area contributed by atoms with Gasteiger partial charge in [0, 0.05) is 36.3 Å². The Morgan fingerprint density at radius 2 is 2.24 bits per heavy atom. The summed E-state index contributed by atoms with van der Waals surface area (Å²) in [4.78, 5) is 22.3.